The Morgan fingerprint density at radius 3 is 2.36 bits per heavy atom. The van der Waals surface area contributed by atoms with E-state index in [1.54, 1.807) is 12.1 Å². The molecule has 1 aromatic heterocycles. The molecule has 2 amide bonds. The summed E-state index contributed by atoms with van der Waals surface area (Å²) < 4.78 is 1.94. The molecule has 0 aliphatic carbocycles. The smallest absolute Gasteiger partial charge is 0.270 e. The van der Waals surface area contributed by atoms with Crippen molar-refractivity contribution >= 4 is 64.1 Å². The molecule has 33 heavy (non-hydrogen) atoms. The number of anilines is 1. The second kappa shape index (κ2) is 8.78. The third kappa shape index (κ3) is 3.99. The van der Waals surface area contributed by atoms with Crippen LogP contribution < -0.4 is 10.2 Å². The summed E-state index contributed by atoms with van der Waals surface area (Å²) >= 11 is 18.0. The third-order valence-electron chi connectivity index (χ3n) is 5.86. The minimum atomic E-state index is -0.530. The Hall–Kier alpha value is -2.93. The van der Waals surface area contributed by atoms with Gasteiger partial charge in [0.2, 0.25) is 0 Å². The van der Waals surface area contributed by atoms with Gasteiger partial charge in [-0.15, -0.1) is 0 Å². The van der Waals surface area contributed by atoms with E-state index in [-0.39, 0.29) is 10.7 Å². The van der Waals surface area contributed by atoms with E-state index in [1.807, 2.05) is 68.7 Å². The molecule has 0 unspecified atom stereocenters. The summed E-state index contributed by atoms with van der Waals surface area (Å²) in [4.78, 5) is 27.6. The van der Waals surface area contributed by atoms with E-state index >= 15 is 0 Å². The van der Waals surface area contributed by atoms with Gasteiger partial charge in [-0.3, -0.25) is 19.8 Å². The number of rotatable bonds is 3. The Labute approximate surface area is 207 Å². The quantitative estimate of drug-likeness (QED) is 0.280. The molecule has 168 valence electrons. The number of aromatic nitrogens is 1. The van der Waals surface area contributed by atoms with Crippen LogP contribution in [-0.4, -0.2) is 21.5 Å². The van der Waals surface area contributed by atoms with E-state index < -0.39 is 11.8 Å². The third-order valence-corrected chi connectivity index (χ3v) is 6.95. The van der Waals surface area contributed by atoms with Crippen molar-refractivity contribution in [2.45, 2.75) is 27.7 Å². The second-order valence-electron chi connectivity index (χ2n) is 7.91. The van der Waals surface area contributed by atoms with Crippen molar-refractivity contribution < 1.29 is 9.59 Å². The maximum Gasteiger partial charge on any atom is 0.270 e. The molecule has 1 aliphatic heterocycles. The molecule has 1 fully saturated rings. The maximum atomic E-state index is 13.5. The topological polar surface area (TPSA) is 54.3 Å². The van der Waals surface area contributed by atoms with Crippen LogP contribution in [-0.2, 0) is 9.59 Å². The molecule has 0 spiro atoms. The van der Waals surface area contributed by atoms with E-state index in [2.05, 4.69) is 5.32 Å². The number of nitrogens with one attached hydrogen (secondary N) is 1. The van der Waals surface area contributed by atoms with Crippen LogP contribution in [0.1, 0.15) is 28.1 Å². The predicted molar refractivity (Wildman–Crippen MR) is 137 cm³/mol. The Kier molecular flexibility index (Phi) is 6.18. The van der Waals surface area contributed by atoms with Gasteiger partial charge in [-0.25, -0.2) is 0 Å². The highest BCUT2D eigenvalue weighted by Gasteiger charge is 2.35. The van der Waals surface area contributed by atoms with Crippen molar-refractivity contribution in [1.29, 1.82) is 0 Å². The molecule has 2 heterocycles. The van der Waals surface area contributed by atoms with E-state index in [1.165, 1.54) is 4.90 Å². The van der Waals surface area contributed by atoms with Crippen molar-refractivity contribution in [2.75, 3.05) is 4.90 Å². The van der Waals surface area contributed by atoms with Crippen molar-refractivity contribution in [1.82, 2.24) is 9.88 Å². The fourth-order valence-corrected chi connectivity index (χ4v) is 4.63. The molecule has 4 rings (SSSR count). The molecule has 1 N–H and O–H groups in total. The molecule has 1 aliphatic rings. The van der Waals surface area contributed by atoms with E-state index in [9.17, 15) is 9.59 Å². The minimum Gasteiger partial charge on any atom is -0.316 e. The summed E-state index contributed by atoms with van der Waals surface area (Å²) in [6, 6.07) is 12.9. The molecule has 2 aromatic carbocycles. The normalized spacial score (nSPS) is 15.4. The van der Waals surface area contributed by atoms with Gasteiger partial charge in [-0.05, 0) is 86.9 Å². The zero-order valence-corrected chi connectivity index (χ0v) is 20.8. The summed E-state index contributed by atoms with van der Waals surface area (Å²) in [7, 11) is 0. The van der Waals surface area contributed by atoms with Gasteiger partial charge in [0.1, 0.15) is 5.57 Å². The molecular formula is C25H21Cl2N3O2S. The van der Waals surface area contributed by atoms with E-state index in [0.29, 0.717) is 15.7 Å². The highest BCUT2D eigenvalue weighted by atomic mass is 35.5. The van der Waals surface area contributed by atoms with E-state index in [4.69, 9.17) is 35.4 Å². The highest BCUT2D eigenvalue weighted by molar-refractivity contribution is 7.80. The van der Waals surface area contributed by atoms with Crippen LogP contribution in [0.5, 0.6) is 0 Å². The lowest BCUT2D eigenvalue weighted by Gasteiger charge is -2.30. The SMILES string of the molecule is Cc1cccc(N2C(=O)/C(=C/c3cc(C)n(-c4cccc(Cl)c4Cl)c3C)C(=O)NC2=S)c1C. The lowest BCUT2D eigenvalue weighted by atomic mass is 10.0. The van der Waals surface area contributed by atoms with Gasteiger partial charge in [0.25, 0.3) is 11.8 Å². The lowest BCUT2D eigenvalue weighted by Crippen LogP contribution is -2.54. The average Bonchev–Trinajstić information content (AvgIpc) is 3.03. The number of hydrogen-bond acceptors (Lipinski definition) is 3. The lowest BCUT2D eigenvalue weighted by molar-refractivity contribution is -0.122. The zero-order chi connectivity index (χ0) is 24.0. The van der Waals surface area contributed by atoms with Gasteiger partial charge in [0.05, 0.1) is 21.4 Å². The van der Waals surface area contributed by atoms with Crippen LogP contribution in [0.4, 0.5) is 5.69 Å². The molecule has 1 saturated heterocycles. The van der Waals surface area contributed by atoms with Crippen molar-refractivity contribution in [3.8, 4) is 5.69 Å². The van der Waals surface area contributed by atoms with Gasteiger partial charge >= 0.3 is 0 Å². The first kappa shape index (κ1) is 23.2. The van der Waals surface area contributed by atoms with Gasteiger partial charge in [-0.2, -0.15) is 0 Å². The highest BCUT2D eigenvalue weighted by Crippen LogP contribution is 2.33. The number of amides is 2. The van der Waals surface area contributed by atoms with Crippen molar-refractivity contribution in [3.63, 3.8) is 0 Å². The molecule has 3 aromatic rings. The maximum absolute atomic E-state index is 13.5. The summed E-state index contributed by atoms with van der Waals surface area (Å²) in [5.41, 5.74) is 5.72. The number of hydrogen-bond donors (Lipinski definition) is 1. The number of carbonyl (C=O) groups excluding carboxylic acids is 2. The number of thiocarbonyl (C=S) groups is 1. The number of nitrogens with zero attached hydrogens (tertiary/aromatic N) is 2. The number of carbonyl (C=O) groups is 2. The summed E-state index contributed by atoms with van der Waals surface area (Å²) in [6.07, 6.45) is 1.59. The Morgan fingerprint density at radius 1 is 0.970 bits per heavy atom. The molecule has 0 radical (unpaired) electrons. The van der Waals surface area contributed by atoms with Crippen LogP contribution in [0.25, 0.3) is 11.8 Å². The first-order valence-electron chi connectivity index (χ1n) is 10.2. The van der Waals surface area contributed by atoms with Crippen LogP contribution in [0, 0.1) is 27.7 Å². The van der Waals surface area contributed by atoms with Gasteiger partial charge < -0.3 is 4.57 Å². The molecular weight excluding hydrogens is 477 g/mol. The molecule has 0 saturated carbocycles. The number of benzene rings is 2. The Balaban J connectivity index is 1.81. The second-order valence-corrected chi connectivity index (χ2v) is 9.08. The molecule has 0 bridgehead atoms. The summed E-state index contributed by atoms with van der Waals surface area (Å²) in [5.74, 6) is -1.000. The van der Waals surface area contributed by atoms with Gasteiger partial charge in [0.15, 0.2) is 5.11 Å². The van der Waals surface area contributed by atoms with Crippen LogP contribution in [0.3, 0.4) is 0 Å². The Bertz CT molecular complexity index is 1370. The van der Waals surface area contributed by atoms with Crippen molar-refractivity contribution in [2.24, 2.45) is 0 Å². The van der Waals surface area contributed by atoms with Crippen LogP contribution >= 0.6 is 35.4 Å². The first-order chi connectivity index (χ1) is 15.6. The van der Waals surface area contributed by atoms with Crippen LogP contribution in [0.2, 0.25) is 10.0 Å². The van der Waals surface area contributed by atoms with Gasteiger partial charge in [-0.1, -0.05) is 41.4 Å². The molecule has 0 atom stereocenters. The summed E-state index contributed by atoms with van der Waals surface area (Å²) in [5, 5.41) is 3.58. The summed E-state index contributed by atoms with van der Waals surface area (Å²) in [6.45, 7) is 7.70. The Morgan fingerprint density at radius 2 is 1.64 bits per heavy atom. The predicted octanol–water partition coefficient (Wildman–Crippen LogP) is 5.85. The fourth-order valence-electron chi connectivity index (χ4n) is 3.98. The largest absolute Gasteiger partial charge is 0.316 e. The molecule has 5 nitrogen and oxygen atoms in total. The zero-order valence-electron chi connectivity index (χ0n) is 18.5. The number of halogens is 2. The van der Waals surface area contributed by atoms with Crippen molar-refractivity contribution in [3.05, 3.63) is 86.2 Å². The first-order valence-corrected chi connectivity index (χ1v) is 11.4. The minimum absolute atomic E-state index is 0.00180. The van der Waals surface area contributed by atoms with Gasteiger partial charge in [0, 0.05) is 11.4 Å². The number of aryl methyl sites for hydroxylation is 2. The van der Waals surface area contributed by atoms with E-state index in [0.717, 1.165) is 33.8 Å². The average molecular weight is 498 g/mol. The van der Waals surface area contributed by atoms with Crippen LogP contribution in [0.15, 0.2) is 48.0 Å². The monoisotopic (exact) mass is 497 g/mol. The fraction of sp³-hybridized carbons (Fsp3) is 0.160. The standard InChI is InChI=1S/C25H21Cl2N3O2S/c1-13-7-5-9-20(15(13)3)30-24(32)18(23(31)28-25(30)33)12-17-11-14(2)29(16(17)4)21-10-6-8-19(26)22(21)27/h5-12H,1-4H3,(H,28,31,33)/b18-12+. The molecule has 8 heteroatoms.